The molecule has 0 amide bonds. The number of halogens is 3. The standard InChI is InChI=1S/C13H20F3N3/c1-5-19(8-13(14,15)16)12-11(7-17-4)9(2)6-10(3)18-12/h6,17H,5,7-8H2,1-4H3. The van der Waals surface area contributed by atoms with E-state index >= 15 is 0 Å². The maximum absolute atomic E-state index is 12.6. The summed E-state index contributed by atoms with van der Waals surface area (Å²) in [5, 5.41) is 2.98. The average molecular weight is 275 g/mol. The summed E-state index contributed by atoms with van der Waals surface area (Å²) in [6.45, 7) is 5.19. The van der Waals surface area contributed by atoms with Crippen LogP contribution >= 0.6 is 0 Å². The zero-order valence-corrected chi connectivity index (χ0v) is 11.7. The molecule has 0 aliphatic heterocycles. The van der Waals surface area contributed by atoms with Gasteiger partial charge in [0.05, 0.1) is 0 Å². The third-order valence-corrected chi connectivity index (χ3v) is 2.86. The van der Waals surface area contributed by atoms with Gasteiger partial charge in [0, 0.05) is 24.3 Å². The molecule has 108 valence electrons. The van der Waals surface area contributed by atoms with Crippen LogP contribution in [0.15, 0.2) is 6.07 Å². The van der Waals surface area contributed by atoms with Crippen LogP contribution in [0, 0.1) is 13.8 Å². The van der Waals surface area contributed by atoms with Crippen molar-refractivity contribution in [3.63, 3.8) is 0 Å². The van der Waals surface area contributed by atoms with E-state index in [-0.39, 0.29) is 6.54 Å². The van der Waals surface area contributed by atoms with Crippen LogP contribution in [0.2, 0.25) is 0 Å². The first-order valence-corrected chi connectivity index (χ1v) is 6.22. The van der Waals surface area contributed by atoms with Gasteiger partial charge in [-0.3, -0.25) is 0 Å². The fourth-order valence-corrected chi connectivity index (χ4v) is 2.05. The van der Waals surface area contributed by atoms with E-state index in [0.717, 1.165) is 16.8 Å². The zero-order valence-electron chi connectivity index (χ0n) is 11.7. The van der Waals surface area contributed by atoms with Crippen molar-refractivity contribution in [3.05, 3.63) is 22.9 Å². The quantitative estimate of drug-likeness (QED) is 0.895. The monoisotopic (exact) mass is 275 g/mol. The second kappa shape index (κ2) is 6.23. The van der Waals surface area contributed by atoms with E-state index in [0.29, 0.717) is 12.4 Å². The molecule has 0 atom stereocenters. The Kier molecular flexibility index (Phi) is 5.17. The molecule has 0 saturated carbocycles. The zero-order chi connectivity index (χ0) is 14.6. The number of hydrogen-bond acceptors (Lipinski definition) is 3. The van der Waals surface area contributed by atoms with Crippen molar-refractivity contribution in [3.8, 4) is 0 Å². The van der Waals surface area contributed by atoms with E-state index in [1.165, 1.54) is 4.90 Å². The third-order valence-electron chi connectivity index (χ3n) is 2.86. The van der Waals surface area contributed by atoms with Gasteiger partial charge in [-0.05, 0) is 39.4 Å². The summed E-state index contributed by atoms with van der Waals surface area (Å²) in [4.78, 5) is 5.56. The second-order valence-electron chi connectivity index (χ2n) is 4.54. The van der Waals surface area contributed by atoms with Crippen LogP contribution in [0.25, 0.3) is 0 Å². The van der Waals surface area contributed by atoms with E-state index < -0.39 is 12.7 Å². The summed E-state index contributed by atoms with van der Waals surface area (Å²) in [5.41, 5.74) is 2.50. The first-order chi connectivity index (χ1) is 8.78. The van der Waals surface area contributed by atoms with Crippen LogP contribution < -0.4 is 10.2 Å². The van der Waals surface area contributed by atoms with Gasteiger partial charge in [-0.1, -0.05) is 0 Å². The smallest absolute Gasteiger partial charge is 0.348 e. The Morgan fingerprint density at radius 1 is 1.32 bits per heavy atom. The first-order valence-electron chi connectivity index (χ1n) is 6.22. The number of rotatable bonds is 5. The number of hydrogen-bond donors (Lipinski definition) is 1. The number of alkyl halides is 3. The molecular weight excluding hydrogens is 255 g/mol. The predicted octanol–water partition coefficient (Wildman–Crippen LogP) is 2.81. The predicted molar refractivity (Wildman–Crippen MR) is 70.4 cm³/mol. The second-order valence-corrected chi connectivity index (χ2v) is 4.54. The number of anilines is 1. The van der Waals surface area contributed by atoms with Crippen LogP contribution in [0.1, 0.15) is 23.7 Å². The van der Waals surface area contributed by atoms with Gasteiger partial charge < -0.3 is 10.2 Å². The van der Waals surface area contributed by atoms with Crippen molar-refractivity contribution in [1.29, 1.82) is 0 Å². The van der Waals surface area contributed by atoms with Crippen LogP contribution in [0.5, 0.6) is 0 Å². The Morgan fingerprint density at radius 3 is 2.42 bits per heavy atom. The number of nitrogens with zero attached hydrogens (tertiary/aromatic N) is 2. The highest BCUT2D eigenvalue weighted by molar-refractivity contribution is 5.51. The van der Waals surface area contributed by atoms with Crippen LogP contribution in [0.3, 0.4) is 0 Å². The lowest BCUT2D eigenvalue weighted by Gasteiger charge is -2.27. The highest BCUT2D eigenvalue weighted by Gasteiger charge is 2.31. The molecular formula is C13H20F3N3. The van der Waals surface area contributed by atoms with Crippen molar-refractivity contribution in [2.45, 2.75) is 33.5 Å². The molecule has 0 aliphatic rings. The molecule has 0 bridgehead atoms. The Balaban J connectivity index is 3.21. The minimum atomic E-state index is -4.23. The molecule has 0 aromatic carbocycles. The Bertz CT molecular complexity index is 430. The van der Waals surface area contributed by atoms with Crippen molar-refractivity contribution in [2.75, 3.05) is 25.0 Å². The maximum Gasteiger partial charge on any atom is 0.405 e. The van der Waals surface area contributed by atoms with Crippen molar-refractivity contribution < 1.29 is 13.2 Å². The Hall–Kier alpha value is -1.30. The molecule has 1 aromatic rings. The molecule has 1 rings (SSSR count). The SMILES string of the molecule is CCN(CC(F)(F)F)c1nc(C)cc(C)c1CNC. The highest BCUT2D eigenvalue weighted by atomic mass is 19.4. The van der Waals surface area contributed by atoms with E-state index in [4.69, 9.17) is 0 Å². The maximum atomic E-state index is 12.6. The van der Waals surface area contributed by atoms with Gasteiger partial charge in [-0.15, -0.1) is 0 Å². The topological polar surface area (TPSA) is 28.2 Å². The van der Waals surface area contributed by atoms with Gasteiger partial charge >= 0.3 is 6.18 Å². The van der Waals surface area contributed by atoms with Crippen LogP contribution in [-0.2, 0) is 6.54 Å². The van der Waals surface area contributed by atoms with Crippen molar-refractivity contribution in [1.82, 2.24) is 10.3 Å². The fraction of sp³-hybridized carbons (Fsp3) is 0.615. The molecule has 0 radical (unpaired) electrons. The number of aryl methyl sites for hydroxylation is 2. The van der Waals surface area contributed by atoms with Gasteiger partial charge in [0.15, 0.2) is 0 Å². The summed E-state index contributed by atoms with van der Waals surface area (Å²) in [5.74, 6) is 0.423. The van der Waals surface area contributed by atoms with Crippen LogP contribution in [0.4, 0.5) is 19.0 Å². The summed E-state index contributed by atoms with van der Waals surface area (Å²) >= 11 is 0. The molecule has 6 heteroatoms. The van der Waals surface area contributed by atoms with Gasteiger partial charge in [-0.2, -0.15) is 13.2 Å². The highest BCUT2D eigenvalue weighted by Crippen LogP contribution is 2.26. The molecule has 19 heavy (non-hydrogen) atoms. The molecule has 3 nitrogen and oxygen atoms in total. The number of pyridine rings is 1. The molecule has 1 N–H and O–H groups in total. The van der Waals surface area contributed by atoms with Gasteiger partial charge in [-0.25, -0.2) is 4.98 Å². The van der Waals surface area contributed by atoms with Gasteiger partial charge in [0.25, 0.3) is 0 Å². The number of nitrogens with one attached hydrogen (secondary N) is 1. The lowest BCUT2D eigenvalue weighted by molar-refractivity contribution is -0.119. The molecule has 1 heterocycles. The molecule has 0 spiro atoms. The van der Waals surface area contributed by atoms with Gasteiger partial charge in [0.2, 0.25) is 0 Å². The van der Waals surface area contributed by atoms with E-state index in [2.05, 4.69) is 10.3 Å². The van der Waals surface area contributed by atoms with Crippen molar-refractivity contribution >= 4 is 5.82 Å². The summed E-state index contributed by atoms with van der Waals surface area (Å²) in [7, 11) is 1.77. The summed E-state index contributed by atoms with van der Waals surface area (Å²) in [6, 6.07) is 1.89. The normalized spacial score (nSPS) is 11.7. The van der Waals surface area contributed by atoms with E-state index in [1.54, 1.807) is 20.9 Å². The lowest BCUT2D eigenvalue weighted by atomic mass is 10.1. The van der Waals surface area contributed by atoms with Crippen molar-refractivity contribution in [2.24, 2.45) is 0 Å². The lowest BCUT2D eigenvalue weighted by Crippen LogP contribution is -2.36. The summed E-state index contributed by atoms with van der Waals surface area (Å²) in [6.07, 6.45) is -4.23. The largest absolute Gasteiger partial charge is 0.405 e. The van der Waals surface area contributed by atoms with E-state index in [9.17, 15) is 13.2 Å². The number of aromatic nitrogens is 1. The minimum Gasteiger partial charge on any atom is -0.348 e. The fourth-order valence-electron chi connectivity index (χ4n) is 2.05. The van der Waals surface area contributed by atoms with E-state index in [1.807, 2.05) is 13.0 Å². The molecule has 0 fully saturated rings. The molecule has 0 aliphatic carbocycles. The minimum absolute atomic E-state index is 0.270. The Labute approximate surface area is 111 Å². The summed E-state index contributed by atoms with van der Waals surface area (Å²) < 4.78 is 37.8. The van der Waals surface area contributed by atoms with Crippen LogP contribution in [-0.4, -0.2) is 31.3 Å². The van der Waals surface area contributed by atoms with Gasteiger partial charge in [0.1, 0.15) is 12.4 Å². The Morgan fingerprint density at radius 2 is 1.95 bits per heavy atom. The molecule has 1 aromatic heterocycles. The first kappa shape index (κ1) is 15.8. The average Bonchev–Trinajstić information content (AvgIpc) is 2.28. The third kappa shape index (κ3) is 4.38. The molecule has 0 unspecified atom stereocenters. The molecule has 0 saturated heterocycles.